The summed E-state index contributed by atoms with van der Waals surface area (Å²) in [5.41, 5.74) is 3.46. The van der Waals surface area contributed by atoms with Crippen LogP contribution in [0.15, 0.2) is 60.7 Å². The van der Waals surface area contributed by atoms with Crippen molar-refractivity contribution in [1.29, 1.82) is 0 Å². The van der Waals surface area contributed by atoms with Gasteiger partial charge in [-0.3, -0.25) is 4.68 Å². The van der Waals surface area contributed by atoms with Gasteiger partial charge in [-0.05, 0) is 11.1 Å². The third-order valence-electron chi connectivity index (χ3n) is 5.22. The summed E-state index contributed by atoms with van der Waals surface area (Å²) in [6.45, 7) is 0.720. The minimum atomic E-state index is -1.03. The molecular weight excluding hydrogens is 368 g/mol. The number of aryl methyl sites for hydroxylation is 1. The molecule has 2 heterocycles. The number of nitrogens with zero attached hydrogens (tertiary/aromatic N) is 3. The van der Waals surface area contributed by atoms with Crippen LogP contribution in [-0.4, -0.2) is 38.3 Å². The van der Waals surface area contributed by atoms with Gasteiger partial charge in [-0.15, -0.1) is 0 Å². The molecule has 7 heteroatoms. The second-order valence-corrected chi connectivity index (χ2v) is 7.08. The summed E-state index contributed by atoms with van der Waals surface area (Å²) in [5, 5.41) is 16.9. The Bertz CT molecular complexity index is 991. The number of nitrogens with one attached hydrogen (secondary N) is 1. The topological polar surface area (TPSA) is 87.5 Å². The van der Waals surface area contributed by atoms with Crippen molar-refractivity contribution in [2.24, 2.45) is 7.05 Å². The molecule has 148 valence electrons. The average Bonchev–Trinajstić information content (AvgIpc) is 3.08. The summed E-state index contributed by atoms with van der Waals surface area (Å²) in [7, 11) is 1.62. The van der Waals surface area contributed by atoms with Crippen LogP contribution >= 0.6 is 0 Å². The van der Waals surface area contributed by atoms with Gasteiger partial charge in [-0.1, -0.05) is 60.7 Å². The van der Waals surface area contributed by atoms with E-state index in [1.165, 1.54) is 4.68 Å². The lowest BCUT2D eigenvalue weighted by atomic mass is 9.99. The first-order valence-corrected chi connectivity index (χ1v) is 9.48. The van der Waals surface area contributed by atoms with Crippen LogP contribution in [-0.2, 0) is 20.0 Å². The lowest BCUT2D eigenvalue weighted by molar-refractivity contribution is 0.0682. The number of hydrogen-bond donors (Lipinski definition) is 2. The smallest absolute Gasteiger partial charge is 0.354 e. The Morgan fingerprint density at radius 1 is 1.03 bits per heavy atom. The molecule has 0 aliphatic carbocycles. The van der Waals surface area contributed by atoms with Crippen molar-refractivity contribution >= 4 is 12.0 Å². The van der Waals surface area contributed by atoms with E-state index in [1.54, 1.807) is 11.9 Å². The van der Waals surface area contributed by atoms with E-state index in [2.05, 4.69) is 10.4 Å². The SMILES string of the molecule is Cn1nc2c(c1C(=O)O)CN(C(=O)NC(c1ccccc1)c1ccccc1)CC2. The van der Waals surface area contributed by atoms with Crippen molar-refractivity contribution in [1.82, 2.24) is 20.0 Å². The second-order valence-electron chi connectivity index (χ2n) is 7.08. The van der Waals surface area contributed by atoms with Crippen LogP contribution in [0.1, 0.15) is 38.9 Å². The Labute approximate surface area is 168 Å². The molecule has 0 radical (unpaired) electrons. The molecule has 0 unspecified atom stereocenters. The molecule has 1 aliphatic heterocycles. The van der Waals surface area contributed by atoms with Gasteiger partial charge in [0, 0.05) is 25.6 Å². The maximum absolute atomic E-state index is 13.1. The number of carboxylic acids is 1. The minimum absolute atomic E-state index is 0.139. The molecule has 7 nitrogen and oxygen atoms in total. The number of urea groups is 1. The van der Waals surface area contributed by atoms with Gasteiger partial charge >= 0.3 is 12.0 Å². The van der Waals surface area contributed by atoms with E-state index in [4.69, 9.17) is 0 Å². The van der Waals surface area contributed by atoms with Gasteiger partial charge < -0.3 is 15.3 Å². The van der Waals surface area contributed by atoms with E-state index >= 15 is 0 Å². The third kappa shape index (κ3) is 3.71. The average molecular weight is 390 g/mol. The molecule has 29 heavy (non-hydrogen) atoms. The summed E-state index contributed by atoms with van der Waals surface area (Å²) in [5.74, 6) is -1.03. The van der Waals surface area contributed by atoms with Crippen LogP contribution in [0.2, 0.25) is 0 Å². The van der Waals surface area contributed by atoms with Gasteiger partial charge in [0.15, 0.2) is 5.69 Å². The highest BCUT2D eigenvalue weighted by atomic mass is 16.4. The minimum Gasteiger partial charge on any atom is -0.477 e. The van der Waals surface area contributed by atoms with E-state index in [9.17, 15) is 14.7 Å². The summed E-state index contributed by atoms with van der Waals surface area (Å²) >= 11 is 0. The fourth-order valence-electron chi connectivity index (χ4n) is 3.81. The Hall–Kier alpha value is -3.61. The van der Waals surface area contributed by atoms with E-state index in [0.29, 0.717) is 18.5 Å². The summed E-state index contributed by atoms with van der Waals surface area (Å²) in [6, 6.07) is 19.1. The molecule has 0 saturated carbocycles. The van der Waals surface area contributed by atoms with Crippen molar-refractivity contribution in [3.63, 3.8) is 0 Å². The highest BCUT2D eigenvalue weighted by molar-refractivity contribution is 5.88. The van der Waals surface area contributed by atoms with Crippen molar-refractivity contribution < 1.29 is 14.7 Å². The Kier molecular flexibility index (Phi) is 5.03. The molecule has 2 aromatic carbocycles. The van der Waals surface area contributed by atoms with Gasteiger partial charge in [0.25, 0.3) is 0 Å². The highest BCUT2D eigenvalue weighted by Crippen LogP contribution is 2.25. The number of benzene rings is 2. The van der Waals surface area contributed by atoms with Crippen LogP contribution < -0.4 is 5.32 Å². The predicted molar refractivity (Wildman–Crippen MR) is 108 cm³/mol. The number of carbonyl (C=O) groups excluding carboxylic acids is 1. The van der Waals surface area contributed by atoms with Gasteiger partial charge in [0.1, 0.15) is 0 Å². The van der Waals surface area contributed by atoms with Crippen LogP contribution in [0, 0.1) is 0 Å². The van der Waals surface area contributed by atoms with E-state index in [1.807, 2.05) is 60.7 Å². The lowest BCUT2D eigenvalue weighted by Crippen LogP contribution is -2.44. The number of hydrogen-bond acceptors (Lipinski definition) is 3. The number of aromatic carboxylic acids is 1. The molecule has 1 aromatic heterocycles. The van der Waals surface area contributed by atoms with E-state index < -0.39 is 5.97 Å². The van der Waals surface area contributed by atoms with Crippen molar-refractivity contribution in [3.8, 4) is 0 Å². The molecule has 0 fully saturated rings. The van der Waals surface area contributed by atoms with Crippen molar-refractivity contribution in [2.75, 3.05) is 6.54 Å². The predicted octanol–water partition coefficient (Wildman–Crippen LogP) is 2.98. The maximum Gasteiger partial charge on any atom is 0.354 e. The van der Waals surface area contributed by atoms with E-state index in [-0.39, 0.29) is 24.3 Å². The summed E-state index contributed by atoms with van der Waals surface area (Å²) < 4.78 is 1.38. The van der Waals surface area contributed by atoms with Gasteiger partial charge in [-0.2, -0.15) is 5.10 Å². The molecule has 0 saturated heterocycles. The van der Waals surface area contributed by atoms with Crippen LogP contribution in [0.25, 0.3) is 0 Å². The largest absolute Gasteiger partial charge is 0.477 e. The first-order chi connectivity index (χ1) is 14.0. The fraction of sp³-hybridized carbons (Fsp3) is 0.227. The number of amides is 2. The molecule has 2 amide bonds. The summed E-state index contributed by atoms with van der Waals surface area (Å²) in [4.78, 5) is 26.3. The zero-order chi connectivity index (χ0) is 20.4. The quantitative estimate of drug-likeness (QED) is 0.717. The first-order valence-electron chi connectivity index (χ1n) is 9.48. The van der Waals surface area contributed by atoms with Crippen LogP contribution in [0.4, 0.5) is 4.79 Å². The molecular formula is C22H22N4O3. The van der Waals surface area contributed by atoms with Gasteiger partial charge in [-0.25, -0.2) is 9.59 Å². The van der Waals surface area contributed by atoms with Crippen molar-refractivity contribution in [2.45, 2.75) is 19.0 Å². The standard InChI is InChI=1S/C22H22N4O3/c1-25-20(21(27)28)17-14-26(13-12-18(17)24-25)22(29)23-19(15-8-4-2-5-9-15)16-10-6-3-7-11-16/h2-11,19H,12-14H2,1H3,(H,23,29)(H,27,28). The zero-order valence-corrected chi connectivity index (χ0v) is 16.1. The zero-order valence-electron chi connectivity index (χ0n) is 16.1. The van der Waals surface area contributed by atoms with Crippen molar-refractivity contribution in [3.05, 3.63) is 88.7 Å². The van der Waals surface area contributed by atoms with Crippen LogP contribution in [0.3, 0.4) is 0 Å². The number of rotatable bonds is 4. The first kappa shape index (κ1) is 18.7. The number of fused-ring (bicyclic) bond motifs is 1. The number of carboxylic acid groups (broad SMARTS) is 1. The van der Waals surface area contributed by atoms with Gasteiger partial charge in [0.05, 0.1) is 18.3 Å². The molecule has 1 aliphatic rings. The van der Waals surface area contributed by atoms with Gasteiger partial charge in [0.2, 0.25) is 0 Å². The highest BCUT2D eigenvalue weighted by Gasteiger charge is 2.30. The summed E-state index contributed by atoms with van der Waals surface area (Å²) in [6.07, 6.45) is 0.533. The molecule has 0 spiro atoms. The fourth-order valence-corrected chi connectivity index (χ4v) is 3.81. The Morgan fingerprint density at radius 2 is 1.62 bits per heavy atom. The number of aromatic nitrogens is 2. The number of carbonyl (C=O) groups is 2. The van der Waals surface area contributed by atoms with E-state index in [0.717, 1.165) is 16.8 Å². The Balaban J connectivity index is 1.58. The lowest BCUT2D eigenvalue weighted by Gasteiger charge is -2.29. The third-order valence-corrected chi connectivity index (χ3v) is 5.22. The molecule has 0 atom stereocenters. The van der Waals surface area contributed by atoms with Crippen LogP contribution in [0.5, 0.6) is 0 Å². The monoisotopic (exact) mass is 390 g/mol. The Morgan fingerprint density at radius 3 is 2.17 bits per heavy atom. The molecule has 0 bridgehead atoms. The molecule has 2 N–H and O–H groups in total. The normalized spacial score (nSPS) is 13.2. The molecule has 4 rings (SSSR count). The maximum atomic E-state index is 13.1. The second kappa shape index (κ2) is 7.79. The molecule has 3 aromatic rings.